The molecule has 0 saturated carbocycles. The molecule has 1 fully saturated rings. The van der Waals surface area contributed by atoms with Gasteiger partial charge in [0, 0.05) is 31.3 Å². The van der Waals surface area contributed by atoms with Crippen molar-refractivity contribution in [1.82, 2.24) is 9.80 Å². The standard InChI is InChI=1S/C26H26N2O3S/c1-27(15-14-20-9-4-2-5-10-20)23(29)17-26(21-11-6-3-7-12-21)18-24(30)28(25(26)31)19-22-13-8-16-32-22/h2-13,16H,14-15,17-19H2,1H3. The first-order valence-corrected chi connectivity index (χ1v) is 11.6. The lowest BCUT2D eigenvalue weighted by atomic mass is 9.75. The summed E-state index contributed by atoms with van der Waals surface area (Å²) in [7, 11) is 1.76. The molecule has 164 valence electrons. The Kier molecular flexibility index (Phi) is 6.51. The summed E-state index contributed by atoms with van der Waals surface area (Å²) in [5, 5.41) is 1.93. The van der Waals surface area contributed by atoms with Crippen LogP contribution in [0, 0.1) is 0 Å². The van der Waals surface area contributed by atoms with Crippen LogP contribution in [0.25, 0.3) is 0 Å². The van der Waals surface area contributed by atoms with Gasteiger partial charge in [-0.05, 0) is 29.0 Å². The monoisotopic (exact) mass is 446 g/mol. The average Bonchev–Trinajstić information content (AvgIpc) is 3.42. The van der Waals surface area contributed by atoms with Crippen molar-refractivity contribution >= 4 is 29.1 Å². The average molecular weight is 447 g/mol. The Morgan fingerprint density at radius 1 is 1.00 bits per heavy atom. The minimum absolute atomic E-state index is 0.0134. The fraction of sp³-hybridized carbons (Fsp3) is 0.269. The maximum atomic E-state index is 13.6. The summed E-state index contributed by atoms with van der Waals surface area (Å²) in [5.41, 5.74) is 0.712. The van der Waals surface area contributed by atoms with Crippen LogP contribution >= 0.6 is 11.3 Å². The Bertz CT molecular complexity index is 1080. The van der Waals surface area contributed by atoms with E-state index in [0.29, 0.717) is 6.54 Å². The lowest BCUT2D eigenvalue weighted by Crippen LogP contribution is -2.42. The Labute approximate surface area is 192 Å². The molecule has 4 rings (SSSR count). The van der Waals surface area contributed by atoms with Crippen LogP contribution in [-0.2, 0) is 32.8 Å². The zero-order valence-electron chi connectivity index (χ0n) is 18.1. The van der Waals surface area contributed by atoms with E-state index in [1.807, 2.05) is 78.2 Å². The van der Waals surface area contributed by atoms with Gasteiger partial charge in [-0.2, -0.15) is 0 Å². The van der Waals surface area contributed by atoms with Gasteiger partial charge in [0.15, 0.2) is 0 Å². The highest BCUT2D eigenvalue weighted by molar-refractivity contribution is 7.09. The van der Waals surface area contributed by atoms with Crippen LogP contribution in [0.1, 0.15) is 28.8 Å². The van der Waals surface area contributed by atoms with Crippen molar-refractivity contribution in [3.05, 3.63) is 94.2 Å². The third-order valence-corrected chi connectivity index (χ3v) is 6.95. The summed E-state index contributed by atoms with van der Waals surface area (Å²) < 4.78 is 0. The fourth-order valence-corrected chi connectivity index (χ4v) is 4.89. The van der Waals surface area contributed by atoms with Crippen molar-refractivity contribution in [1.29, 1.82) is 0 Å². The zero-order valence-corrected chi connectivity index (χ0v) is 18.9. The number of hydrogen-bond acceptors (Lipinski definition) is 4. The van der Waals surface area contributed by atoms with Crippen molar-refractivity contribution < 1.29 is 14.4 Å². The van der Waals surface area contributed by atoms with Gasteiger partial charge in [0.1, 0.15) is 0 Å². The first-order valence-electron chi connectivity index (χ1n) is 10.7. The van der Waals surface area contributed by atoms with Gasteiger partial charge in [-0.3, -0.25) is 19.3 Å². The molecule has 3 aromatic rings. The Hall–Kier alpha value is -3.25. The maximum absolute atomic E-state index is 13.6. The minimum Gasteiger partial charge on any atom is -0.345 e. The first kappa shape index (κ1) is 22.0. The predicted octanol–water partition coefficient (Wildman–Crippen LogP) is 4.04. The second kappa shape index (κ2) is 9.49. The van der Waals surface area contributed by atoms with Gasteiger partial charge in [0.25, 0.3) is 0 Å². The van der Waals surface area contributed by atoms with Crippen LogP contribution in [0.4, 0.5) is 0 Å². The summed E-state index contributed by atoms with van der Waals surface area (Å²) in [6.07, 6.45) is 0.728. The molecular formula is C26H26N2O3S. The smallest absolute Gasteiger partial charge is 0.241 e. The van der Waals surface area contributed by atoms with Crippen LogP contribution in [0.3, 0.4) is 0 Å². The molecule has 3 amide bonds. The molecule has 1 unspecified atom stereocenters. The molecule has 1 aromatic heterocycles. The second-order valence-corrected chi connectivity index (χ2v) is 9.25. The number of carbonyl (C=O) groups is 3. The number of carbonyl (C=O) groups excluding carboxylic acids is 3. The molecule has 0 N–H and O–H groups in total. The van der Waals surface area contributed by atoms with E-state index in [-0.39, 0.29) is 37.1 Å². The van der Waals surface area contributed by atoms with Crippen molar-refractivity contribution in [2.45, 2.75) is 31.2 Å². The van der Waals surface area contributed by atoms with Gasteiger partial charge in [-0.25, -0.2) is 0 Å². The Morgan fingerprint density at radius 2 is 1.69 bits per heavy atom. The van der Waals surface area contributed by atoms with Gasteiger partial charge in [-0.15, -0.1) is 11.3 Å². The molecule has 1 aliphatic heterocycles. The minimum atomic E-state index is -1.16. The van der Waals surface area contributed by atoms with Crippen LogP contribution in [0.5, 0.6) is 0 Å². The summed E-state index contributed by atoms with van der Waals surface area (Å²) in [4.78, 5) is 43.7. The van der Waals surface area contributed by atoms with Gasteiger partial charge in [0.05, 0.1) is 12.0 Å². The van der Waals surface area contributed by atoms with Crippen LogP contribution < -0.4 is 0 Å². The quantitative estimate of drug-likeness (QED) is 0.491. The SMILES string of the molecule is CN(CCc1ccccc1)C(=O)CC1(c2ccccc2)CC(=O)N(Cc2cccs2)C1=O. The summed E-state index contributed by atoms with van der Waals surface area (Å²) >= 11 is 1.51. The van der Waals surface area contributed by atoms with E-state index in [1.54, 1.807) is 11.9 Å². The van der Waals surface area contributed by atoms with Gasteiger partial charge < -0.3 is 4.90 Å². The van der Waals surface area contributed by atoms with E-state index in [4.69, 9.17) is 0 Å². The molecule has 0 radical (unpaired) electrons. The van der Waals surface area contributed by atoms with Gasteiger partial charge in [-0.1, -0.05) is 66.7 Å². The third-order valence-electron chi connectivity index (χ3n) is 6.09. The number of thiophene rings is 1. The molecular weight excluding hydrogens is 420 g/mol. The van der Waals surface area contributed by atoms with Gasteiger partial charge in [0.2, 0.25) is 17.7 Å². The number of rotatable bonds is 8. The molecule has 1 atom stereocenters. The van der Waals surface area contributed by atoms with Crippen LogP contribution in [0.15, 0.2) is 78.2 Å². The Balaban J connectivity index is 1.55. The summed E-state index contributed by atoms with van der Waals surface area (Å²) in [5.74, 6) is -0.650. The van der Waals surface area contributed by atoms with E-state index >= 15 is 0 Å². The highest BCUT2D eigenvalue weighted by atomic mass is 32.1. The number of amides is 3. The van der Waals surface area contributed by atoms with Crippen LogP contribution in [-0.4, -0.2) is 41.1 Å². The molecule has 0 spiro atoms. The second-order valence-electron chi connectivity index (χ2n) is 8.22. The lowest BCUT2D eigenvalue weighted by Gasteiger charge is -2.29. The van der Waals surface area contributed by atoms with Crippen molar-refractivity contribution in [3.8, 4) is 0 Å². The van der Waals surface area contributed by atoms with E-state index in [0.717, 1.165) is 22.4 Å². The molecule has 1 aliphatic rings. The summed E-state index contributed by atoms with van der Waals surface area (Å²) in [6, 6.07) is 23.1. The molecule has 32 heavy (non-hydrogen) atoms. The highest BCUT2D eigenvalue weighted by Gasteiger charge is 2.53. The van der Waals surface area contributed by atoms with Gasteiger partial charge >= 0.3 is 0 Å². The van der Waals surface area contributed by atoms with Crippen molar-refractivity contribution in [2.75, 3.05) is 13.6 Å². The molecule has 2 heterocycles. The molecule has 0 bridgehead atoms. The molecule has 5 nitrogen and oxygen atoms in total. The predicted molar refractivity (Wildman–Crippen MR) is 125 cm³/mol. The number of benzene rings is 2. The maximum Gasteiger partial charge on any atom is 0.241 e. The van der Waals surface area contributed by atoms with E-state index < -0.39 is 5.41 Å². The topological polar surface area (TPSA) is 57.7 Å². The van der Waals surface area contributed by atoms with E-state index in [9.17, 15) is 14.4 Å². The van der Waals surface area contributed by atoms with E-state index in [1.165, 1.54) is 16.2 Å². The number of imide groups is 1. The number of nitrogens with zero attached hydrogens (tertiary/aromatic N) is 2. The molecule has 6 heteroatoms. The number of likely N-dealkylation sites (tertiary alicyclic amines) is 1. The van der Waals surface area contributed by atoms with E-state index in [2.05, 4.69) is 0 Å². The van der Waals surface area contributed by atoms with Crippen molar-refractivity contribution in [2.24, 2.45) is 0 Å². The highest BCUT2D eigenvalue weighted by Crippen LogP contribution is 2.41. The fourth-order valence-electron chi connectivity index (χ4n) is 4.20. The number of hydrogen-bond donors (Lipinski definition) is 0. The normalized spacial score (nSPS) is 18.2. The molecule has 2 aromatic carbocycles. The zero-order chi connectivity index (χ0) is 22.6. The Morgan fingerprint density at radius 3 is 2.34 bits per heavy atom. The molecule has 0 aliphatic carbocycles. The first-order chi connectivity index (χ1) is 15.5. The largest absolute Gasteiger partial charge is 0.345 e. The van der Waals surface area contributed by atoms with Crippen molar-refractivity contribution in [3.63, 3.8) is 0 Å². The lowest BCUT2D eigenvalue weighted by molar-refractivity contribution is -0.143. The summed E-state index contributed by atoms with van der Waals surface area (Å²) in [6.45, 7) is 0.802. The molecule has 1 saturated heterocycles. The third kappa shape index (κ3) is 4.50. The van der Waals surface area contributed by atoms with Crippen LogP contribution in [0.2, 0.25) is 0 Å². The number of likely N-dealkylation sites (N-methyl/N-ethyl adjacent to an activating group) is 1.